The molecule has 0 radical (unpaired) electrons. The first-order chi connectivity index (χ1) is 24.8. The van der Waals surface area contributed by atoms with Gasteiger partial charge in [0, 0.05) is 25.0 Å². The first-order valence-electron chi connectivity index (χ1n) is 18.5. The fourth-order valence-corrected chi connectivity index (χ4v) is 5.23. The second kappa shape index (κ2) is 31.4. The molecular weight excluding hydrogens is 693 g/mol. The van der Waals surface area contributed by atoms with E-state index in [0.29, 0.717) is 37.1 Å². The molecule has 2 atom stereocenters. The fourth-order valence-electron chi connectivity index (χ4n) is 4.50. The van der Waals surface area contributed by atoms with E-state index < -0.39 is 32.5 Å². The second-order valence-corrected chi connectivity index (χ2v) is 14.8. The summed E-state index contributed by atoms with van der Waals surface area (Å²) in [6.45, 7) is 7.24. The van der Waals surface area contributed by atoms with Crippen LogP contribution in [0.4, 0.5) is 0 Å². The first kappa shape index (κ1) is 48.9. The Hall–Kier alpha value is -3.09. The Morgan fingerprint density at radius 3 is 1.52 bits per heavy atom. The SMILES string of the molecule is C=C/C=C/C(=O)OCCCCCCCCCC(=O)OC[C@H](COP(=O)([O-])OCC[N+](C)(C)C)OC(=O)CCCCCCCCCOC(=O)/C=C/C=C. The van der Waals surface area contributed by atoms with Gasteiger partial charge in [0.1, 0.15) is 19.8 Å². The molecule has 0 aliphatic rings. The van der Waals surface area contributed by atoms with Gasteiger partial charge in [-0.2, -0.15) is 0 Å². The molecule has 0 aliphatic heterocycles. The van der Waals surface area contributed by atoms with Gasteiger partial charge in [-0.3, -0.25) is 14.2 Å². The highest BCUT2D eigenvalue weighted by Crippen LogP contribution is 2.38. The van der Waals surface area contributed by atoms with Gasteiger partial charge in [0.05, 0.1) is 41.0 Å². The number of nitrogens with zero attached hydrogens (tertiary/aromatic N) is 1. The van der Waals surface area contributed by atoms with Gasteiger partial charge in [0.15, 0.2) is 6.10 Å². The van der Waals surface area contributed by atoms with Crippen molar-refractivity contribution in [1.82, 2.24) is 0 Å². The van der Waals surface area contributed by atoms with Crippen LogP contribution in [0.25, 0.3) is 0 Å². The van der Waals surface area contributed by atoms with Gasteiger partial charge in [0.25, 0.3) is 7.82 Å². The molecule has 0 spiro atoms. The summed E-state index contributed by atoms with van der Waals surface area (Å²) in [7, 11) is 1.01. The van der Waals surface area contributed by atoms with Crippen molar-refractivity contribution < 1.29 is 61.1 Å². The minimum absolute atomic E-state index is 0.0749. The molecular formula is C38H64NO12P. The predicted molar refractivity (Wildman–Crippen MR) is 198 cm³/mol. The van der Waals surface area contributed by atoms with Gasteiger partial charge in [-0.15, -0.1) is 0 Å². The van der Waals surface area contributed by atoms with Crippen molar-refractivity contribution in [2.24, 2.45) is 0 Å². The molecule has 1 unspecified atom stereocenters. The Kier molecular flexibility index (Phi) is 29.6. The molecule has 0 fully saturated rings. The number of hydrogen-bond donors (Lipinski definition) is 0. The Bertz CT molecular complexity index is 1130. The van der Waals surface area contributed by atoms with Gasteiger partial charge in [-0.25, -0.2) is 9.59 Å². The van der Waals surface area contributed by atoms with Gasteiger partial charge < -0.3 is 37.4 Å². The Labute approximate surface area is 311 Å². The zero-order valence-corrected chi connectivity index (χ0v) is 32.7. The molecule has 14 heteroatoms. The normalized spacial score (nSPS) is 13.4. The lowest BCUT2D eigenvalue weighted by atomic mass is 10.1. The van der Waals surface area contributed by atoms with E-state index in [4.69, 9.17) is 28.0 Å². The molecule has 0 saturated carbocycles. The number of phosphoric ester groups is 1. The van der Waals surface area contributed by atoms with E-state index in [1.807, 2.05) is 21.1 Å². The number of allylic oxidation sites excluding steroid dienone is 4. The van der Waals surface area contributed by atoms with Crippen molar-refractivity contribution in [3.05, 3.63) is 49.6 Å². The third kappa shape index (κ3) is 34.0. The summed E-state index contributed by atoms with van der Waals surface area (Å²) in [6, 6.07) is 0. The first-order valence-corrected chi connectivity index (χ1v) is 19.9. The lowest BCUT2D eigenvalue weighted by Crippen LogP contribution is -2.37. The maximum Gasteiger partial charge on any atom is 0.330 e. The monoisotopic (exact) mass is 757 g/mol. The smallest absolute Gasteiger partial charge is 0.330 e. The van der Waals surface area contributed by atoms with E-state index in [-0.39, 0.29) is 38.0 Å². The molecule has 0 aliphatic carbocycles. The van der Waals surface area contributed by atoms with Gasteiger partial charge in [0.2, 0.25) is 0 Å². The summed E-state index contributed by atoms with van der Waals surface area (Å²) in [5, 5.41) is 0. The number of rotatable bonds is 34. The van der Waals surface area contributed by atoms with Crippen LogP contribution in [0.1, 0.15) is 103 Å². The van der Waals surface area contributed by atoms with E-state index in [0.717, 1.165) is 77.0 Å². The number of ether oxygens (including phenoxy) is 4. The largest absolute Gasteiger partial charge is 0.756 e. The van der Waals surface area contributed by atoms with Crippen molar-refractivity contribution >= 4 is 31.7 Å². The molecule has 0 heterocycles. The van der Waals surface area contributed by atoms with E-state index in [1.54, 1.807) is 0 Å². The number of phosphoric acid groups is 1. The van der Waals surface area contributed by atoms with Crippen LogP contribution in [0.2, 0.25) is 0 Å². The standard InChI is InChI=1S/C38H64NO12P/c1-6-8-24-35(40)46-29-22-18-14-10-12-16-20-26-37(42)48-32-34(33-50-52(44,45)49-31-28-39(3,4)5)51-38(43)27-21-17-13-11-15-19-23-30-47-36(41)25-9-7-2/h6-9,24-25,34H,1-2,10-23,26-33H2,3-5H3/b24-8+,25-9+/t34-/m1/s1. The van der Waals surface area contributed by atoms with E-state index in [1.165, 1.54) is 36.5 Å². The maximum atomic E-state index is 12.6. The lowest BCUT2D eigenvalue weighted by Gasteiger charge is -2.28. The summed E-state index contributed by atoms with van der Waals surface area (Å²) in [4.78, 5) is 60.1. The zero-order valence-electron chi connectivity index (χ0n) is 31.8. The van der Waals surface area contributed by atoms with Crippen molar-refractivity contribution in [1.29, 1.82) is 0 Å². The molecule has 0 N–H and O–H groups in total. The molecule has 0 saturated heterocycles. The maximum absolute atomic E-state index is 12.6. The molecule has 0 bridgehead atoms. The highest BCUT2D eigenvalue weighted by Gasteiger charge is 2.21. The summed E-state index contributed by atoms with van der Waals surface area (Å²) < 4.78 is 43.7. The number of quaternary nitrogens is 1. The zero-order chi connectivity index (χ0) is 38.9. The van der Waals surface area contributed by atoms with E-state index in [9.17, 15) is 28.6 Å². The van der Waals surface area contributed by atoms with Crippen LogP contribution in [0.3, 0.4) is 0 Å². The number of hydrogen-bond acceptors (Lipinski definition) is 12. The van der Waals surface area contributed by atoms with Crippen LogP contribution in [-0.2, 0) is 51.7 Å². The second-order valence-electron chi connectivity index (χ2n) is 13.4. The minimum Gasteiger partial charge on any atom is -0.756 e. The number of carbonyl (C=O) groups is 4. The van der Waals surface area contributed by atoms with Crippen LogP contribution in [0.15, 0.2) is 49.6 Å². The molecule has 13 nitrogen and oxygen atoms in total. The quantitative estimate of drug-likeness (QED) is 0.0134. The fraction of sp³-hybridized carbons (Fsp3) is 0.684. The number of unbranched alkanes of at least 4 members (excludes halogenated alkanes) is 12. The summed E-state index contributed by atoms with van der Waals surface area (Å²) in [6.07, 6.45) is 20.1. The predicted octanol–water partition coefficient (Wildman–Crippen LogP) is 6.46. The minimum atomic E-state index is -4.67. The molecule has 0 aromatic heterocycles. The van der Waals surface area contributed by atoms with Crippen molar-refractivity contribution in [3.63, 3.8) is 0 Å². The summed E-state index contributed by atoms with van der Waals surface area (Å²) >= 11 is 0. The van der Waals surface area contributed by atoms with Crippen LogP contribution >= 0.6 is 7.82 Å². The topological polar surface area (TPSA) is 164 Å². The molecule has 0 rings (SSSR count). The lowest BCUT2D eigenvalue weighted by molar-refractivity contribution is -0.870. The number of likely N-dealkylation sites (N-methyl/N-ethyl adjacent to an activating group) is 1. The van der Waals surface area contributed by atoms with Crippen molar-refractivity contribution in [3.8, 4) is 0 Å². The average Bonchev–Trinajstić information content (AvgIpc) is 3.08. The molecule has 298 valence electrons. The Morgan fingerprint density at radius 1 is 0.615 bits per heavy atom. The average molecular weight is 758 g/mol. The van der Waals surface area contributed by atoms with Crippen molar-refractivity contribution in [2.75, 3.05) is 60.7 Å². The molecule has 0 amide bonds. The third-order valence-corrected chi connectivity index (χ3v) is 8.40. The molecule has 0 aromatic rings. The van der Waals surface area contributed by atoms with E-state index in [2.05, 4.69) is 13.2 Å². The summed E-state index contributed by atoms with van der Waals surface area (Å²) in [5.41, 5.74) is 0. The van der Waals surface area contributed by atoms with E-state index >= 15 is 0 Å². The Morgan fingerprint density at radius 2 is 1.06 bits per heavy atom. The van der Waals surface area contributed by atoms with Crippen LogP contribution in [0.5, 0.6) is 0 Å². The van der Waals surface area contributed by atoms with Gasteiger partial charge in [-0.05, 0) is 25.7 Å². The van der Waals surface area contributed by atoms with Crippen molar-refractivity contribution in [2.45, 2.75) is 109 Å². The number of carbonyl (C=O) groups excluding carboxylic acids is 4. The van der Waals surface area contributed by atoms with Crippen LogP contribution in [0, 0.1) is 0 Å². The third-order valence-electron chi connectivity index (χ3n) is 7.43. The van der Waals surface area contributed by atoms with Gasteiger partial charge >= 0.3 is 23.9 Å². The Balaban J connectivity index is 4.46. The van der Waals surface area contributed by atoms with Crippen LogP contribution in [-0.4, -0.2) is 95.2 Å². The van der Waals surface area contributed by atoms with Crippen LogP contribution < -0.4 is 4.89 Å². The highest BCUT2D eigenvalue weighted by molar-refractivity contribution is 7.45. The number of esters is 4. The van der Waals surface area contributed by atoms with Gasteiger partial charge in [-0.1, -0.05) is 102 Å². The molecule has 52 heavy (non-hydrogen) atoms. The highest BCUT2D eigenvalue weighted by atomic mass is 31.2. The molecule has 0 aromatic carbocycles. The summed E-state index contributed by atoms with van der Waals surface area (Å²) in [5.74, 6) is -1.77.